The lowest BCUT2D eigenvalue weighted by molar-refractivity contribution is -0.929. The van der Waals surface area contributed by atoms with Crippen molar-refractivity contribution in [3.05, 3.63) is 12.2 Å². The molecule has 0 rings (SSSR count). The van der Waals surface area contributed by atoms with E-state index in [0.29, 0.717) is 19.3 Å². The number of carboxylic acids is 3. The van der Waals surface area contributed by atoms with E-state index in [1.807, 2.05) is 0 Å². The molecule has 42 heavy (non-hydrogen) atoms. The normalized spacial score (nSPS) is 11.8. The van der Waals surface area contributed by atoms with Crippen molar-refractivity contribution in [3.8, 4) is 0 Å². The van der Waals surface area contributed by atoms with Gasteiger partial charge in [-0.15, -0.1) is 0 Å². The lowest BCUT2D eigenvalue weighted by Crippen LogP contribution is -2.51. The van der Waals surface area contributed by atoms with Gasteiger partial charge >= 0.3 is 17.9 Å². The molecule has 0 aromatic rings. The van der Waals surface area contributed by atoms with Gasteiger partial charge in [0.25, 0.3) is 0 Å². The Bertz CT molecular complexity index is 638. The second kappa shape index (κ2) is 29.2. The fourth-order valence-corrected chi connectivity index (χ4v) is 5.90. The Labute approximate surface area is 257 Å². The molecule has 0 radical (unpaired) electrons. The molecule has 0 heterocycles. The zero-order valence-electron chi connectivity index (χ0n) is 27.2. The fourth-order valence-electron chi connectivity index (χ4n) is 5.90. The van der Waals surface area contributed by atoms with Gasteiger partial charge in [-0.05, 0) is 70.6 Å². The third kappa shape index (κ3) is 28.2. The van der Waals surface area contributed by atoms with Gasteiger partial charge in [-0.25, -0.2) is 0 Å². The molecule has 7 heteroatoms. The minimum absolute atomic E-state index is 0.176. The third-order valence-electron chi connectivity index (χ3n) is 8.44. The topological polar surface area (TPSA) is 112 Å². The summed E-state index contributed by atoms with van der Waals surface area (Å²) in [5.74, 6) is -2.30. The van der Waals surface area contributed by atoms with E-state index >= 15 is 0 Å². The smallest absolute Gasteiger partial charge is 0.303 e. The number of rotatable bonds is 33. The lowest BCUT2D eigenvalue weighted by atomic mass is 10.0. The van der Waals surface area contributed by atoms with Gasteiger partial charge in [0.15, 0.2) is 0 Å². The number of unbranched alkanes of at least 4 members (excludes halogenated alkanes) is 17. The van der Waals surface area contributed by atoms with Gasteiger partial charge in [0, 0.05) is 19.3 Å². The summed E-state index contributed by atoms with van der Waals surface area (Å²) in [5, 5.41) is 27.1. The Morgan fingerprint density at radius 2 is 0.714 bits per heavy atom. The van der Waals surface area contributed by atoms with Gasteiger partial charge in [0.1, 0.15) is 0 Å². The molecule has 246 valence electrons. The molecule has 0 aliphatic rings. The SMILES string of the molecule is CCC/C=C/CCCCCCCCCCCCCCC[N+](CCCCC(=O)O)(CCCCC(=O)O)CCCCC(=O)O. The lowest BCUT2D eigenvalue weighted by Gasteiger charge is -2.39. The van der Waals surface area contributed by atoms with Crippen molar-refractivity contribution in [1.29, 1.82) is 0 Å². The van der Waals surface area contributed by atoms with Crippen LogP contribution in [0.1, 0.15) is 167 Å². The van der Waals surface area contributed by atoms with Crippen LogP contribution >= 0.6 is 0 Å². The Morgan fingerprint density at radius 3 is 1.05 bits per heavy atom. The molecule has 0 unspecified atom stereocenters. The quantitative estimate of drug-likeness (QED) is 0.0395. The van der Waals surface area contributed by atoms with E-state index in [1.54, 1.807) is 0 Å². The summed E-state index contributed by atoms with van der Waals surface area (Å²) in [6.07, 6.45) is 30.3. The second-order valence-electron chi connectivity index (χ2n) is 12.4. The summed E-state index contributed by atoms with van der Waals surface area (Å²) in [7, 11) is 0. The number of quaternary nitrogens is 1. The molecule has 3 N–H and O–H groups in total. The minimum Gasteiger partial charge on any atom is -0.481 e. The molecular weight excluding hydrogens is 530 g/mol. The maximum atomic E-state index is 11.0. The number of carboxylic acid groups (broad SMARTS) is 3. The van der Waals surface area contributed by atoms with Crippen LogP contribution in [0.5, 0.6) is 0 Å². The molecule has 0 aliphatic carbocycles. The van der Waals surface area contributed by atoms with Crippen LogP contribution < -0.4 is 0 Å². The summed E-state index contributed by atoms with van der Waals surface area (Å²) in [6.45, 7) is 5.92. The fraction of sp³-hybridized carbons (Fsp3) is 0.857. The Hall–Kier alpha value is -1.89. The first-order valence-corrected chi connectivity index (χ1v) is 17.5. The zero-order valence-corrected chi connectivity index (χ0v) is 27.2. The van der Waals surface area contributed by atoms with Gasteiger partial charge in [-0.1, -0.05) is 89.7 Å². The van der Waals surface area contributed by atoms with E-state index in [2.05, 4.69) is 19.1 Å². The van der Waals surface area contributed by atoms with Crippen molar-refractivity contribution in [2.75, 3.05) is 26.2 Å². The van der Waals surface area contributed by atoms with Gasteiger partial charge in [-0.2, -0.15) is 0 Å². The van der Waals surface area contributed by atoms with Crippen molar-refractivity contribution < 1.29 is 34.2 Å². The molecule has 0 saturated carbocycles. The molecule has 0 atom stereocenters. The van der Waals surface area contributed by atoms with Crippen LogP contribution in [0.25, 0.3) is 0 Å². The molecule has 0 aliphatic heterocycles. The van der Waals surface area contributed by atoms with Crippen molar-refractivity contribution in [3.63, 3.8) is 0 Å². The van der Waals surface area contributed by atoms with Gasteiger partial charge < -0.3 is 19.8 Å². The first kappa shape index (κ1) is 40.1. The van der Waals surface area contributed by atoms with E-state index < -0.39 is 17.9 Å². The zero-order chi connectivity index (χ0) is 31.2. The summed E-state index contributed by atoms with van der Waals surface area (Å²) >= 11 is 0. The molecule has 0 aromatic carbocycles. The largest absolute Gasteiger partial charge is 0.481 e. The maximum absolute atomic E-state index is 11.0. The van der Waals surface area contributed by atoms with E-state index in [1.165, 1.54) is 96.3 Å². The van der Waals surface area contributed by atoms with Crippen LogP contribution in [0.3, 0.4) is 0 Å². The van der Waals surface area contributed by atoms with E-state index in [4.69, 9.17) is 15.3 Å². The standard InChI is InChI=1S/C35H65NO6/c1-2-3-4-5-6-7-8-9-10-11-12-13-14-15-16-17-18-22-29-36(30-23-19-26-33(37)38,31-24-20-27-34(39)40)32-25-21-28-35(41)42/h4-5H,2-3,6-32H2,1H3,(H2-,37,38,39,40,41,42)/p+1/b5-4+. The van der Waals surface area contributed by atoms with Gasteiger partial charge in [0.2, 0.25) is 0 Å². The molecule has 0 bridgehead atoms. The van der Waals surface area contributed by atoms with Crippen LogP contribution in [0.4, 0.5) is 0 Å². The Morgan fingerprint density at radius 1 is 0.429 bits per heavy atom. The minimum atomic E-state index is -0.766. The van der Waals surface area contributed by atoms with E-state index in [-0.39, 0.29) is 19.3 Å². The predicted molar refractivity (Wildman–Crippen MR) is 173 cm³/mol. The van der Waals surface area contributed by atoms with Crippen LogP contribution in [0.15, 0.2) is 12.2 Å². The van der Waals surface area contributed by atoms with Gasteiger partial charge in [-0.3, -0.25) is 14.4 Å². The number of hydrogen-bond donors (Lipinski definition) is 3. The first-order valence-electron chi connectivity index (χ1n) is 17.5. The monoisotopic (exact) mass is 596 g/mol. The summed E-state index contributed by atoms with van der Waals surface area (Å²) < 4.78 is 0.869. The summed E-state index contributed by atoms with van der Waals surface area (Å²) in [4.78, 5) is 33.0. The van der Waals surface area contributed by atoms with Crippen molar-refractivity contribution in [2.45, 2.75) is 167 Å². The highest BCUT2D eigenvalue weighted by Gasteiger charge is 2.26. The Balaban J connectivity index is 4.32. The number of carbonyl (C=O) groups is 3. The first-order chi connectivity index (χ1) is 20.3. The maximum Gasteiger partial charge on any atom is 0.303 e. The highest BCUT2D eigenvalue weighted by Crippen LogP contribution is 2.20. The third-order valence-corrected chi connectivity index (χ3v) is 8.44. The molecular formula is C35H66NO6+. The highest BCUT2D eigenvalue weighted by molar-refractivity contribution is 5.67. The number of hydrogen-bond acceptors (Lipinski definition) is 3. The molecule has 0 amide bonds. The molecule has 0 fully saturated rings. The van der Waals surface area contributed by atoms with Gasteiger partial charge in [0.05, 0.1) is 26.2 Å². The second-order valence-corrected chi connectivity index (χ2v) is 12.4. The van der Waals surface area contributed by atoms with Crippen LogP contribution in [-0.2, 0) is 14.4 Å². The van der Waals surface area contributed by atoms with E-state index in [9.17, 15) is 14.4 Å². The number of allylic oxidation sites excluding steroid dienone is 2. The average Bonchev–Trinajstić information content (AvgIpc) is 2.94. The molecule has 0 saturated heterocycles. The Kier molecular flexibility index (Phi) is 27.9. The summed E-state index contributed by atoms with van der Waals surface area (Å²) in [6, 6.07) is 0. The average molecular weight is 597 g/mol. The van der Waals surface area contributed by atoms with Crippen LogP contribution in [0, 0.1) is 0 Å². The van der Waals surface area contributed by atoms with Crippen molar-refractivity contribution in [2.24, 2.45) is 0 Å². The van der Waals surface area contributed by atoms with Crippen molar-refractivity contribution in [1.82, 2.24) is 0 Å². The predicted octanol–water partition coefficient (Wildman–Crippen LogP) is 9.39. The van der Waals surface area contributed by atoms with Crippen molar-refractivity contribution >= 4 is 17.9 Å². The molecule has 7 nitrogen and oxygen atoms in total. The number of nitrogens with zero attached hydrogens (tertiary/aromatic N) is 1. The number of aliphatic carboxylic acids is 3. The molecule has 0 spiro atoms. The van der Waals surface area contributed by atoms with E-state index in [0.717, 1.165) is 56.3 Å². The van der Waals surface area contributed by atoms with Crippen LogP contribution in [-0.4, -0.2) is 63.9 Å². The van der Waals surface area contributed by atoms with Crippen LogP contribution in [0.2, 0.25) is 0 Å². The molecule has 0 aromatic heterocycles. The summed E-state index contributed by atoms with van der Waals surface area (Å²) in [5.41, 5.74) is 0. The highest BCUT2D eigenvalue weighted by atomic mass is 16.4.